The smallest absolute Gasteiger partial charge is 0.326 e. The van der Waals surface area contributed by atoms with Crippen LogP contribution in [0.3, 0.4) is 0 Å². The van der Waals surface area contributed by atoms with Gasteiger partial charge in [-0.2, -0.15) is 0 Å². The Kier molecular flexibility index (Phi) is 21.0. The number of H-pyrrole nitrogens is 1. The number of carboxylic acid groups (broad SMARTS) is 3. The predicted molar refractivity (Wildman–Crippen MR) is 219 cm³/mol. The summed E-state index contributed by atoms with van der Waals surface area (Å²) in [6.45, 7) is 3.70. The van der Waals surface area contributed by atoms with Crippen LogP contribution in [0.1, 0.15) is 77.2 Å². The fraction of sp³-hybridized carbons (Fsp3) is 0.553. The molecule has 0 fully saturated rings. The van der Waals surface area contributed by atoms with Crippen LogP contribution in [-0.4, -0.2) is 123 Å². The van der Waals surface area contributed by atoms with Gasteiger partial charge in [0, 0.05) is 36.5 Å². The number of rotatable bonds is 28. The molecule has 7 unspecified atom stereocenters. The van der Waals surface area contributed by atoms with E-state index >= 15 is 0 Å². The predicted octanol–water partition coefficient (Wildman–Crippen LogP) is -1.89. The second-order valence-corrected chi connectivity index (χ2v) is 14.4. The Morgan fingerprint density at radius 1 is 0.733 bits per heavy atom. The van der Waals surface area contributed by atoms with E-state index < -0.39 is 109 Å². The lowest BCUT2D eigenvalue weighted by atomic mass is 9.98. The van der Waals surface area contributed by atoms with Gasteiger partial charge >= 0.3 is 17.9 Å². The molecular formula is C38H59N11O11. The second kappa shape index (κ2) is 25.3. The van der Waals surface area contributed by atoms with Crippen molar-refractivity contribution in [2.75, 3.05) is 13.1 Å². The number of aliphatic imine (C=N–C) groups is 1. The number of carbonyl (C=O) groups is 8. The fourth-order valence-electron chi connectivity index (χ4n) is 6.11. The SMILES string of the molecule is CCC(C)C(NC(=O)C(CCCCN)NC(=O)C(CCC(=O)O)NC(=O)C(Cc1c[nH]c2ccccc12)NC(=O)C(CCCN=C(N)N)NC(=O)C(N)CC(=O)O)C(=O)O. The van der Waals surface area contributed by atoms with Crippen molar-refractivity contribution in [2.45, 2.75) is 114 Å². The summed E-state index contributed by atoms with van der Waals surface area (Å²) < 4.78 is 0. The maximum absolute atomic E-state index is 14.2. The van der Waals surface area contributed by atoms with Gasteiger partial charge < -0.3 is 69.8 Å². The summed E-state index contributed by atoms with van der Waals surface area (Å²) in [4.78, 5) is 110. The van der Waals surface area contributed by atoms with Crippen molar-refractivity contribution in [3.8, 4) is 0 Å². The molecule has 0 spiro atoms. The molecule has 0 aliphatic heterocycles. The van der Waals surface area contributed by atoms with Crippen molar-refractivity contribution in [1.29, 1.82) is 0 Å². The van der Waals surface area contributed by atoms with Crippen LogP contribution in [0.2, 0.25) is 0 Å². The lowest BCUT2D eigenvalue weighted by molar-refractivity contribution is -0.144. The molecule has 22 nitrogen and oxygen atoms in total. The Bertz CT molecular complexity index is 1830. The monoisotopic (exact) mass is 845 g/mol. The number of carbonyl (C=O) groups excluding carboxylic acids is 5. The van der Waals surface area contributed by atoms with Gasteiger partial charge in [-0.25, -0.2) is 4.79 Å². The molecule has 2 rings (SSSR count). The molecule has 332 valence electrons. The molecule has 7 atom stereocenters. The number of nitrogens with zero attached hydrogens (tertiary/aromatic N) is 1. The van der Waals surface area contributed by atoms with Crippen LogP contribution in [0, 0.1) is 5.92 Å². The van der Waals surface area contributed by atoms with E-state index in [0.717, 1.165) is 0 Å². The Morgan fingerprint density at radius 2 is 1.28 bits per heavy atom. The second-order valence-electron chi connectivity index (χ2n) is 14.4. The van der Waals surface area contributed by atoms with E-state index in [2.05, 4.69) is 36.6 Å². The van der Waals surface area contributed by atoms with E-state index in [-0.39, 0.29) is 44.7 Å². The summed E-state index contributed by atoms with van der Waals surface area (Å²) in [7, 11) is 0. The number of nitrogens with two attached hydrogens (primary N) is 4. The van der Waals surface area contributed by atoms with Gasteiger partial charge in [-0.1, -0.05) is 38.5 Å². The van der Waals surface area contributed by atoms with Crippen LogP contribution in [0.5, 0.6) is 0 Å². The Hall–Kier alpha value is -6.29. The highest BCUT2D eigenvalue weighted by atomic mass is 16.4. The molecule has 5 amide bonds. The molecular weight excluding hydrogens is 786 g/mol. The normalized spacial score (nSPS) is 14.5. The van der Waals surface area contributed by atoms with Crippen LogP contribution in [0.4, 0.5) is 0 Å². The molecule has 0 bridgehead atoms. The maximum atomic E-state index is 14.2. The number of hydrogen-bond acceptors (Lipinski definition) is 11. The topological polar surface area (TPSA) is 390 Å². The third-order valence-electron chi connectivity index (χ3n) is 9.68. The maximum Gasteiger partial charge on any atom is 0.326 e. The number of unbranched alkanes of at least 4 members (excludes halogenated alkanes) is 1. The lowest BCUT2D eigenvalue weighted by Crippen LogP contribution is -2.60. The van der Waals surface area contributed by atoms with Crippen molar-refractivity contribution in [3.63, 3.8) is 0 Å². The van der Waals surface area contributed by atoms with E-state index in [0.29, 0.717) is 35.7 Å². The minimum Gasteiger partial charge on any atom is -0.481 e. The summed E-state index contributed by atoms with van der Waals surface area (Å²) in [5.74, 6) is -9.21. The van der Waals surface area contributed by atoms with Gasteiger partial charge in [0.15, 0.2) is 5.96 Å². The highest BCUT2D eigenvalue weighted by molar-refractivity contribution is 5.97. The summed E-state index contributed by atoms with van der Waals surface area (Å²) in [6.07, 6.45) is 0.958. The summed E-state index contributed by atoms with van der Waals surface area (Å²) in [5.41, 5.74) is 23.4. The largest absolute Gasteiger partial charge is 0.481 e. The first-order chi connectivity index (χ1) is 28.4. The molecule has 0 aliphatic carbocycles. The number of carboxylic acids is 3. The average Bonchev–Trinajstić information content (AvgIpc) is 3.60. The molecule has 0 radical (unpaired) electrons. The van der Waals surface area contributed by atoms with Crippen molar-refractivity contribution in [3.05, 3.63) is 36.0 Å². The minimum atomic E-state index is -1.57. The zero-order valence-electron chi connectivity index (χ0n) is 33.8. The Morgan fingerprint density at radius 3 is 1.85 bits per heavy atom. The van der Waals surface area contributed by atoms with Crippen LogP contribution in [0.15, 0.2) is 35.5 Å². The Balaban J connectivity index is 2.51. The van der Waals surface area contributed by atoms with Gasteiger partial charge in [-0.15, -0.1) is 0 Å². The first-order valence-electron chi connectivity index (χ1n) is 19.6. The highest BCUT2D eigenvalue weighted by Crippen LogP contribution is 2.20. The molecule has 0 saturated carbocycles. The van der Waals surface area contributed by atoms with E-state index in [1.807, 2.05) is 0 Å². The van der Waals surface area contributed by atoms with Crippen LogP contribution in [-0.2, 0) is 44.8 Å². The van der Waals surface area contributed by atoms with Gasteiger partial charge in [0.05, 0.1) is 12.5 Å². The van der Waals surface area contributed by atoms with Crippen molar-refractivity contribution >= 4 is 64.3 Å². The number of fused-ring (bicyclic) bond motifs is 1. The molecule has 1 aromatic heterocycles. The number of benzene rings is 1. The number of aromatic amines is 1. The lowest BCUT2D eigenvalue weighted by Gasteiger charge is -2.27. The molecule has 22 heteroatoms. The first-order valence-corrected chi connectivity index (χ1v) is 19.6. The van der Waals surface area contributed by atoms with Crippen LogP contribution in [0.25, 0.3) is 10.9 Å². The van der Waals surface area contributed by atoms with Gasteiger partial charge in [0.25, 0.3) is 0 Å². The number of amides is 5. The van der Waals surface area contributed by atoms with E-state index in [1.54, 1.807) is 44.3 Å². The zero-order chi connectivity index (χ0) is 44.9. The van der Waals surface area contributed by atoms with E-state index in [9.17, 15) is 48.6 Å². The summed E-state index contributed by atoms with van der Waals surface area (Å²) in [5, 5.41) is 41.7. The van der Waals surface area contributed by atoms with Gasteiger partial charge in [-0.05, 0) is 62.6 Å². The standard InChI is InChI=1S/C38H59N11O11/c1-3-20(2)31(37(59)60)49-35(57)25(11-6-7-15-39)46-34(56)27(13-14-29(50)51)47-36(58)28(17-21-19-44-24-10-5-4-9-22(21)24)48-33(55)26(12-8-16-43-38(41)42)45-32(54)23(40)18-30(52)53/h4-5,9-10,19-20,23,25-28,31,44H,3,6-8,11-18,39-40H2,1-2H3,(H,45,54)(H,46,56)(H,47,58)(H,48,55)(H,49,57)(H,50,51)(H,52,53)(H,59,60)(H4,41,42,43). The third-order valence-corrected chi connectivity index (χ3v) is 9.68. The average molecular weight is 846 g/mol. The number of nitrogens with one attached hydrogen (secondary N) is 6. The molecule has 17 N–H and O–H groups in total. The number of hydrogen-bond donors (Lipinski definition) is 13. The molecule has 0 saturated heterocycles. The summed E-state index contributed by atoms with van der Waals surface area (Å²) in [6, 6.07) is -1.45. The highest BCUT2D eigenvalue weighted by Gasteiger charge is 2.34. The first kappa shape index (κ1) is 49.9. The van der Waals surface area contributed by atoms with Crippen molar-refractivity contribution in [2.24, 2.45) is 33.8 Å². The summed E-state index contributed by atoms with van der Waals surface area (Å²) >= 11 is 0. The van der Waals surface area contributed by atoms with Gasteiger partial charge in [-0.3, -0.25) is 38.6 Å². The van der Waals surface area contributed by atoms with Crippen LogP contribution >= 0.6 is 0 Å². The molecule has 2 aromatic rings. The van der Waals surface area contributed by atoms with Gasteiger partial charge in [0.2, 0.25) is 29.5 Å². The number of aromatic nitrogens is 1. The number of aliphatic carboxylic acids is 3. The fourth-order valence-corrected chi connectivity index (χ4v) is 6.11. The number of para-hydroxylation sites is 1. The van der Waals surface area contributed by atoms with Crippen LogP contribution < -0.4 is 49.5 Å². The molecule has 60 heavy (non-hydrogen) atoms. The molecule has 1 heterocycles. The van der Waals surface area contributed by atoms with Crippen molar-refractivity contribution < 1.29 is 53.7 Å². The minimum absolute atomic E-state index is 0.0346. The van der Waals surface area contributed by atoms with Gasteiger partial charge in [0.1, 0.15) is 30.2 Å². The Labute approximate surface area is 346 Å². The van der Waals surface area contributed by atoms with E-state index in [1.165, 1.54) is 0 Å². The quantitative estimate of drug-likeness (QED) is 0.0253. The van der Waals surface area contributed by atoms with Crippen molar-refractivity contribution in [1.82, 2.24) is 31.6 Å². The number of guanidine groups is 1. The zero-order valence-corrected chi connectivity index (χ0v) is 33.8. The third kappa shape index (κ3) is 16.9. The van der Waals surface area contributed by atoms with E-state index in [4.69, 9.17) is 28.0 Å². The molecule has 1 aromatic carbocycles. The molecule has 0 aliphatic rings.